The molecule has 2 aromatic carbocycles. The monoisotopic (exact) mass is 350 g/mol. The maximum Gasteiger partial charge on any atom is 0.134 e. The largest absolute Gasteiger partial charge is 0.363 e. The second kappa shape index (κ2) is 7.06. The van der Waals surface area contributed by atoms with Crippen LogP contribution in [0.1, 0.15) is 51.3 Å². The quantitative estimate of drug-likeness (QED) is 0.603. The van der Waals surface area contributed by atoms with Crippen molar-refractivity contribution in [1.82, 2.24) is 0 Å². The number of anilines is 1. The zero-order chi connectivity index (χ0) is 18.9. The van der Waals surface area contributed by atoms with E-state index in [0.717, 1.165) is 29.9 Å². The Labute approximate surface area is 156 Å². The van der Waals surface area contributed by atoms with Crippen molar-refractivity contribution < 1.29 is 4.39 Å². The first kappa shape index (κ1) is 18.4. The van der Waals surface area contributed by atoms with Crippen LogP contribution in [-0.2, 0) is 6.42 Å². The fourth-order valence-corrected chi connectivity index (χ4v) is 3.75. The summed E-state index contributed by atoms with van der Waals surface area (Å²) in [7, 11) is 0. The first-order chi connectivity index (χ1) is 12.4. The van der Waals surface area contributed by atoms with Gasteiger partial charge in [0.25, 0.3) is 0 Å². The summed E-state index contributed by atoms with van der Waals surface area (Å²) in [6.45, 7) is 11.5. The minimum atomic E-state index is -0.235. The van der Waals surface area contributed by atoms with Gasteiger partial charge in [0.2, 0.25) is 0 Å². The highest BCUT2D eigenvalue weighted by Crippen LogP contribution is 2.39. The highest BCUT2D eigenvalue weighted by molar-refractivity contribution is 5.89. The van der Waals surface area contributed by atoms with Gasteiger partial charge in [0, 0.05) is 29.6 Å². The molecule has 0 bridgehead atoms. The van der Waals surface area contributed by atoms with Crippen molar-refractivity contribution in [3.05, 3.63) is 65.0 Å². The van der Waals surface area contributed by atoms with Crippen molar-refractivity contribution in [2.45, 2.75) is 46.6 Å². The third-order valence-electron chi connectivity index (χ3n) is 5.11. The van der Waals surface area contributed by atoms with Crippen molar-refractivity contribution >= 4 is 23.2 Å². The molecule has 0 aliphatic carbocycles. The van der Waals surface area contributed by atoms with E-state index >= 15 is 0 Å². The molecule has 0 radical (unpaired) electrons. The fraction of sp³-hybridized carbons (Fsp3) is 0.348. The molecule has 136 valence electrons. The Morgan fingerprint density at radius 3 is 2.42 bits per heavy atom. The number of hydrogen-bond acceptors (Lipinski definition) is 2. The molecule has 0 unspecified atom stereocenters. The minimum Gasteiger partial charge on any atom is -0.363 e. The Morgan fingerprint density at radius 1 is 1.12 bits per heavy atom. The third-order valence-corrected chi connectivity index (χ3v) is 5.11. The number of aryl methyl sites for hydroxylation is 1. The summed E-state index contributed by atoms with van der Waals surface area (Å²) in [5, 5.41) is 0. The summed E-state index contributed by atoms with van der Waals surface area (Å²) in [5.74, 6) is -0.235. The number of rotatable bonds is 4. The maximum atomic E-state index is 14.8. The number of likely N-dealkylation sites (N-methyl/N-ethyl adjacent to an activating group) is 1. The summed E-state index contributed by atoms with van der Waals surface area (Å²) < 4.78 is 14.8. The fourth-order valence-electron chi connectivity index (χ4n) is 3.75. The van der Waals surface area contributed by atoms with Crippen molar-refractivity contribution in [2.24, 2.45) is 4.99 Å². The number of allylic oxidation sites excluding steroid dienone is 1. The molecule has 0 N–H and O–H groups in total. The van der Waals surface area contributed by atoms with Gasteiger partial charge in [-0.15, -0.1) is 0 Å². The summed E-state index contributed by atoms with van der Waals surface area (Å²) in [6.07, 6.45) is 4.88. The number of hydrogen-bond donors (Lipinski definition) is 0. The van der Waals surface area contributed by atoms with E-state index in [2.05, 4.69) is 62.7 Å². The van der Waals surface area contributed by atoms with Gasteiger partial charge in [-0.25, -0.2) is 4.39 Å². The molecule has 0 atom stereocenters. The Bertz CT molecular complexity index is 861. The van der Waals surface area contributed by atoms with Crippen LogP contribution in [0.4, 0.5) is 15.8 Å². The lowest BCUT2D eigenvalue weighted by Crippen LogP contribution is -2.45. The van der Waals surface area contributed by atoms with Crippen LogP contribution in [0, 0.1) is 5.82 Å². The Balaban J connectivity index is 1.98. The zero-order valence-electron chi connectivity index (χ0n) is 16.3. The highest BCUT2D eigenvalue weighted by Gasteiger charge is 2.30. The lowest BCUT2D eigenvalue weighted by molar-refractivity contribution is 0.561. The van der Waals surface area contributed by atoms with E-state index in [1.165, 1.54) is 11.1 Å². The molecule has 1 aliphatic rings. The number of fused-ring (bicyclic) bond motifs is 1. The number of halogens is 1. The number of benzene rings is 2. The molecular weight excluding hydrogens is 323 g/mol. The SMILES string of the molecule is CCc1ccc(N=Cc2cc3c(cc2F)N(CC)C(C)(C)C=C3C)cc1. The van der Waals surface area contributed by atoms with Crippen molar-refractivity contribution in [3.63, 3.8) is 0 Å². The van der Waals surface area contributed by atoms with Gasteiger partial charge < -0.3 is 4.90 Å². The molecule has 26 heavy (non-hydrogen) atoms. The topological polar surface area (TPSA) is 15.6 Å². The molecule has 0 aromatic heterocycles. The molecular formula is C23H27FN2. The molecule has 1 heterocycles. The molecule has 2 nitrogen and oxygen atoms in total. The Kier molecular flexibility index (Phi) is 4.99. The van der Waals surface area contributed by atoms with Gasteiger partial charge in [0.15, 0.2) is 0 Å². The van der Waals surface area contributed by atoms with Crippen LogP contribution in [0.25, 0.3) is 5.57 Å². The van der Waals surface area contributed by atoms with E-state index in [-0.39, 0.29) is 11.4 Å². The van der Waals surface area contributed by atoms with Gasteiger partial charge in [0.1, 0.15) is 5.82 Å². The predicted molar refractivity (Wildman–Crippen MR) is 110 cm³/mol. The second-order valence-corrected chi connectivity index (χ2v) is 7.39. The van der Waals surface area contributed by atoms with Gasteiger partial charge in [-0.2, -0.15) is 0 Å². The van der Waals surface area contributed by atoms with Gasteiger partial charge in [-0.05, 0) is 69.5 Å². The van der Waals surface area contributed by atoms with Crippen LogP contribution in [0.2, 0.25) is 0 Å². The Morgan fingerprint density at radius 2 is 1.81 bits per heavy atom. The molecule has 1 aliphatic heterocycles. The Hall–Kier alpha value is -2.42. The first-order valence-electron chi connectivity index (χ1n) is 9.29. The van der Waals surface area contributed by atoms with Gasteiger partial charge in [-0.3, -0.25) is 4.99 Å². The van der Waals surface area contributed by atoms with E-state index in [9.17, 15) is 4.39 Å². The molecule has 0 saturated carbocycles. The van der Waals surface area contributed by atoms with Crippen molar-refractivity contribution in [1.29, 1.82) is 0 Å². The molecule has 0 spiro atoms. The van der Waals surface area contributed by atoms with Crippen LogP contribution in [0.5, 0.6) is 0 Å². The van der Waals surface area contributed by atoms with Gasteiger partial charge in [0.05, 0.1) is 11.2 Å². The third kappa shape index (κ3) is 3.44. The molecule has 0 amide bonds. The number of aliphatic imine (C=N–C) groups is 1. The van der Waals surface area contributed by atoms with Gasteiger partial charge >= 0.3 is 0 Å². The van der Waals surface area contributed by atoms with E-state index < -0.39 is 0 Å². The average Bonchev–Trinajstić information content (AvgIpc) is 2.60. The van der Waals surface area contributed by atoms with E-state index in [1.807, 2.05) is 18.2 Å². The van der Waals surface area contributed by atoms with Crippen LogP contribution < -0.4 is 4.90 Å². The van der Waals surface area contributed by atoms with E-state index in [4.69, 9.17) is 0 Å². The lowest BCUT2D eigenvalue weighted by Gasteiger charge is -2.42. The van der Waals surface area contributed by atoms with Crippen LogP contribution in [0.15, 0.2) is 47.5 Å². The second-order valence-electron chi connectivity index (χ2n) is 7.39. The predicted octanol–water partition coefficient (Wildman–Crippen LogP) is 6.16. The minimum absolute atomic E-state index is 0.116. The highest BCUT2D eigenvalue weighted by atomic mass is 19.1. The smallest absolute Gasteiger partial charge is 0.134 e. The van der Waals surface area contributed by atoms with Crippen molar-refractivity contribution in [2.75, 3.05) is 11.4 Å². The molecule has 0 fully saturated rings. The molecule has 0 saturated heterocycles. The average molecular weight is 350 g/mol. The van der Waals surface area contributed by atoms with Crippen LogP contribution in [0.3, 0.4) is 0 Å². The maximum absolute atomic E-state index is 14.8. The zero-order valence-corrected chi connectivity index (χ0v) is 16.3. The van der Waals surface area contributed by atoms with Crippen molar-refractivity contribution in [3.8, 4) is 0 Å². The first-order valence-corrected chi connectivity index (χ1v) is 9.29. The molecule has 2 aromatic rings. The summed E-state index contributed by atoms with van der Waals surface area (Å²) in [5.41, 5.74) is 5.72. The standard InChI is InChI=1S/C23H27FN2/c1-6-17-8-10-19(11-9-17)25-15-18-12-20-16(3)14-23(4,5)26(7-2)22(20)13-21(18)24/h8-15H,6-7H2,1-5H3. The van der Waals surface area contributed by atoms with Gasteiger partial charge in [-0.1, -0.05) is 25.1 Å². The summed E-state index contributed by atoms with van der Waals surface area (Å²) >= 11 is 0. The summed E-state index contributed by atoms with van der Waals surface area (Å²) in [6, 6.07) is 11.6. The lowest BCUT2D eigenvalue weighted by atomic mass is 9.88. The van der Waals surface area contributed by atoms with E-state index in [0.29, 0.717) is 5.56 Å². The van der Waals surface area contributed by atoms with E-state index in [1.54, 1.807) is 12.3 Å². The molecule has 3 rings (SSSR count). The van der Waals surface area contributed by atoms with Crippen LogP contribution >= 0.6 is 0 Å². The normalized spacial score (nSPS) is 15.9. The molecule has 3 heteroatoms. The number of nitrogens with zero attached hydrogens (tertiary/aromatic N) is 2. The summed E-state index contributed by atoms with van der Waals surface area (Å²) in [4.78, 5) is 6.70. The van der Waals surface area contributed by atoms with Crippen LogP contribution in [-0.4, -0.2) is 18.3 Å².